The monoisotopic (exact) mass is 332 g/mol. The van der Waals surface area contributed by atoms with Crippen molar-refractivity contribution >= 4 is 23.0 Å². The Balaban J connectivity index is 1.63. The lowest BCUT2D eigenvalue weighted by atomic mass is 10.1. The van der Waals surface area contributed by atoms with E-state index in [2.05, 4.69) is 4.99 Å². The molecule has 1 aliphatic rings. The fourth-order valence-electron chi connectivity index (χ4n) is 2.18. The molecule has 0 atom stereocenters. The van der Waals surface area contributed by atoms with Gasteiger partial charge in [0, 0.05) is 37.0 Å². The third-order valence-corrected chi connectivity index (χ3v) is 4.26. The van der Waals surface area contributed by atoms with Crippen molar-refractivity contribution in [1.29, 1.82) is 0 Å². The van der Waals surface area contributed by atoms with Crippen molar-refractivity contribution in [1.82, 2.24) is 4.57 Å². The van der Waals surface area contributed by atoms with Gasteiger partial charge in [-0.25, -0.2) is 0 Å². The fourth-order valence-corrected chi connectivity index (χ4v) is 2.93. The number of ketones is 1. The van der Waals surface area contributed by atoms with Gasteiger partial charge in [0.05, 0.1) is 0 Å². The number of benzene rings is 1. The first kappa shape index (κ1) is 15.5. The smallest absolute Gasteiger partial charge is 0.248 e. The summed E-state index contributed by atoms with van der Waals surface area (Å²) in [5, 5.41) is 1.85. The SMILES string of the molecule is Cn1ccsc1=NC(=O)CCC(=O)c1ccc2c(c1)OCCO2. The molecular formula is C16H16N2O4S. The van der Waals surface area contributed by atoms with Gasteiger partial charge in [-0.1, -0.05) is 0 Å². The number of ether oxygens (including phenoxy) is 2. The number of carbonyl (C=O) groups is 2. The van der Waals surface area contributed by atoms with Crippen LogP contribution < -0.4 is 14.3 Å². The number of nitrogens with zero attached hydrogens (tertiary/aromatic N) is 2. The van der Waals surface area contributed by atoms with Crippen molar-refractivity contribution in [3.05, 3.63) is 40.1 Å². The molecule has 1 amide bonds. The Morgan fingerprint density at radius 3 is 2.74 bits per heavy atom. The van der Waals surface area contributed by atoms with Crippen LogP contribution >= 0.6 is 11.3 Å². The van der Waals surface area contributed by atoms with E-state index in [-0.39, 0.29) is 24.5 Å². The van der Waals surface area contributed by atoms with Crippen LogP contribution in [0.3, 0.4) is 0 Å². The molecule has 1 aliphatic heterocycles. The second-order valence-electron chi connectivity index (χ2n) is 5.08. The van der Waals surface area contributed by atoms with Gasteiger partial charge in [-0.05, 0) is 18.2 Å². The van der Waals surface area contributed by atoms with Crippen molar-refractivity contribution in [2.24, 2.45) is 12.0 Å². The fraction of sp³-hybridized carbons (Fsp3) is 0.312. The summed E-state index contributed by atoms with van der Waals surface area (Å²) in [6, 6.07) is 5.08. The van der Waals surface area contributed by atoms with E-state index in [0.717, 1.165) is 0 Å². The summed E-state index contributed by atoms with van der Waals surface area (Å²) in [6.45, 7) is 0.982. The molecule has 1 aromatic carbocycles. The number of carbonyl (C=O) groups excluding carboxylic acids is 2. The number of fused-ring (bicyclic) bond motifs is 1. The number of hydrogen-bond donors (Lipinski definition) is 0. The third-order valence-electron chi connectivity index (χ3n) is 3.41. The summed E-state index contributed by atoms with van der Waals surface area (Å²) in [7, 11) is 1.82. The molecule has 0 saturated carbocycles. The summed E-state index contributed by atoms with van der Waals surface area (Å²) in [6.07, 6.45) is 2.04. The van der Waals surface area contributed by atoms with Crippen LogP contribution in [0.4, 0.5) is 0 Å². The average Bonchev–Trinajstić information content (AvgIpc) is 2.97. The predicted molar refractivity (Wildman–Crippen MR) is 84.9 cm³/mol. The lowest BCUT2D eigenvalue weighted by molar-refractivity contribution is -0.118. The number of Topliss-reactive ketones (excluding diaryl/α,β-unsaturated/α-hetero) is 1. The average molecular weight is 332 g/mol. The molecular weight excluding hydrogens is 316 g/mol. The van der Waals surface area contributed by atoms with E-state index in [0.29, 0.717) is 35.1 Å². The van der Waals surface area contributed by atoms with Crippen molar-refractivity contribution in [2.75, 3.05) is 13.2 Å². The maximum absolute atomic E-state index is 12.2. The van der Waals surface area contributed by atoms with Gasteiger partial charge in [0.2, 0.25) is 5.91 Å². The molecule has 0 spiro atoms. The van der Waals surface area contributed by atoms with Gasteiger partial charge < -0.3 is 14.0 Å². The summed E-state index contributed by atoms with van der Waals surface area (Å²) < 4.78 is 12.6. The molecule has 0 aliphatic carbocycles. The van der Waals surface area contributed by atoms with Crippen molar-refractivity contribution in [2.45, 2.75) is 12.8 Å². The van der Waals surface area contributed by atoms with Gasteiger partial charge >= 0.3 is 0 Å². The Morgan fingerprint density at radius 1 is 1.22 bits per heavy atom. The van der Waals surface area contributed by atoms with Gasteiger partial charge in [-0.3, -0.25) is 9.59 Å². The zero-order valence-electron chi connectivity index (χ0n) is 12.7. The molecule has 0 unspecified atom stereocenters. The highest BCUT2D eigenvalue weighted by molar-refractivity contribution is 7.07. The number of amides is 1. The Bertz CT molecular complexity index is 806. The molecule has 0 saturated heterocycles. The molecule has 0 N–H and O–H groups in total. The molecule has 23 heavy (non-hydrogen) atoms. The summed E-state index contributed by atoms with van der Waals surface area (Å²) in [4.78, 5) is 28.7. The number of aryl methyl sites for hydroxylation is 1. The Hall–Kier alpha value is -2.41. The molecule has 2 aromatic rings. The van der Waals surface area contributed by atoms with Crippen LogP contribution in [0.2, 0.25) is 0 Å². The third kappa shape index (κ3) is 3.68. The van der Waals surface area contributed by atoms with E-state index in [9.17, 15) is 9.59 Å². The van der Waals surface area contributed by atoms with Gasteiger partial charge in [0.1, 0.15) is 13.2 Å². The second-order valence-corrected chi connectivity index (χ2v) is 5.96. The van der Waals surface area contributed by atoms with Crippen molar-refractivity contribution in [3.63, 3.8) is 0 Å². The molecule has 3 rings (SSSR count). The van der Waals surface area contributed by atoms with Crippen LogP contribution in [0.25, 0.3) is 0 Å². The van der Waals surface area contributed by atoms with Crippen LogP contribution in [-0.4, -0.2) is 29.5 Å². The summed E-state index contributed by atoms with van der Waals surface area (Å²) >= 11 is 1.38. The molecule has 6 nitrogen and oxygen atoms in total. The van der Waals surface area contributed by atoms with E-state index in [1.165, 1.54) is 11.3 Å². The second kappa shape index (κ2) is 6.78. The van der Waals surface area contributed by atoms with Crippen LogP contribution in [0.5, 0.6) is 11.5 Å². The van der Waals surface area contributed by atoms with Crippen molar-refractivity contribution in [3.8, 4) is 11.5 Å². The Kier molecular flexibility index (Phi) is 4.57. The normalized spacial score (nSPS) is 13.9. The number of aromatic nitrogens is 1. The zero-order chi connectivity index (χ0) is 16.2. The number of rotatable bonds is 4. The highest BCUT2D eigenvalue weighted by Gasteiger charge is 2.15. The van der Waals surface area contributed by atoms with Crippen LogP contribution in [0, 0.1) is 0 Å². The maximum atomic E-state index is 12.2. The topological polar surface area (TPSA) is 69.9 Å². The maximum Gasteiger partial charge on any atom is 0.248 e. The molecule has 2 heterocycles. The Morgan fingerprint density at radius 2 is 2.00 bits per heavy atom. The van der Waals surface area contributed by atoms with Crippen LogP contribution in [0.1, 0.15) is 23.2 Å². The van der Waals surface area contributed by atoms with E-state index in [4.69, 9.17) is 9.47 Å². The summed E-state index contributed by atoms with van der Waals surface area (Å²) in [5.74, 6) is 0.808. The largest absolute Gasteiger partial charge is 0.486 e. The predicted octanol–water partition coefficient (Wildman–Crippen LogP) is 1.95. The summed E-state index contributed by atoms with van der Waals surface area (Å²) in [5.41, 5.74) is 0.517. The van der Waals surface area contributed by atoms with Crippen LogP contribution in [-0.2, 0) is 11.8 Å². The van der Waals surface area contributed by atoms with Gasteiger partial charge in [0.25, 0.3) is 0 Å². The number of thiazole rings is 1. The molecule has 7 heteroatoms. The zero-order valence-corrected chi connectivity index (χ0v) is 13.5. The lowest BCUT2D eigenvalue weighted by Crippen LogP contribution is -2.16. The quantitative estimate of drug-likeness (QED) is 0.803. The molecule has 0 fully saturated rings. The van der Waals surface area contributed by atoms with E-state index in [1.54, 1.807) is 22.8 Å². The molecule has 1 aromatic heterocycles. The Labute approximate surface area is 137 Å². The number of hydrogen-bond acceptors (Lipinski definition) is 5. The van der Waals surface area contributed by atoms with Gasteiger partial charge in [-0.2, -0.15) is 4.99 Å². The minimum atomic E-state index is -0.297. The lowest BCUT2D eigenvalue weighted by Gasteiger charge is -2.18. The highest BCUT2D eigenvalue weighted by atomic mass is 32.1. The van der Waals surface area contributed by atoms with Gasteiger partial charge in [0.15, 0.2) is 22.1 Å². The standard InChI is InChI=1S/C16H16N2O4S/c1-18-6-9-23-16(18)17-15(20)5-3-12(19)11-2-4-13-14(10-11)22-8-7-21-13/h2,4,6,9-10H,3,5,7-8H2,1H3. The van der Waals surface area contributed by atoms with Crippen molar-refractivity contribution < 1.29 is 19.1 Å². The van der Waals surface area contributed by atoms with E-state index in [1.807, 2.05) is 18.6 Å². The van der Waals surface area contributed by atoms with E-state index < -0.39 is 0 Å². The first-order valence-corrected chi connectivity index (χ1v) is 8.12. The molecule has 0 bridgehead atoms. The van der Waals surface area contributed by atoms with Gasteiger partial charge in [-0.15, -0.1) is 11.3 Å². The highest BCUT2D eigenvalue weighted by Crippen LogP contribution is 2.31. The minimum Gasteiger partial charge on any atom is -0.486 e. The first-order chi connectivity index (χ1) is 11.1. The molecule has 120 valence electrons. The van der Waals surface area contributed by atoms with E-state index >= 15 is 0 Å². The molecule has 0 radical (unpaired) electrons. The minimum absolute atomic E-state index is 0.0885. The van der Waals surface area contributed by atoms with Crippen LogP contribution in [0.15, 0.2) is 34.8 Å². The first-order valence-electron chi connectivity index (χ1n) is 7.24.